The second-order valence-electron chi connectivity index (χ2n) is 3.43. The zero-order chi connectivity index (χ0) is 13.2. The number of carbonyl (C=O) groups is 1. The third kappa shape index (κ3) is 3.61. The van der Waals surface area contributed by atoms with Gasteiger partial charge in [-0.3, -0.25) is 4.98 Å². The lowest BCUT2D eigenvalue weighted by Gasteiger charge is -2.13. The summed E-state index contributed by atoms with van der Waals surface area (Å²) in [6.07, 6.45) is -4.51. The Bertz CT molecular complexity index is 443. The summed E-state index contributed by atoms with van der Waals surface area (Å²) in [6, 6.07) is 1.17. The molecule has 1 aromatic rings. The number of pyridine rings is 1. The van der Waals surface area contributed by atoms with Gasteiger partial charge in [0, 0.05) is 11.8 Å². The average Bonchev–Trinajstić information content (AvgIpc) is 2.11. The lowest BCUT2D eigenvalue weighted by atomic mass is 10.1. The van der Waals surface area contributed by atoms with Crippen LogP contribution in [0.25, 0.3) is 0 Å². The molecule has 0 bridgehead atoms. The van der Waals surface area contributed by atoms with Crippen LogP contribution in [0.1, 0.15) is 21.7 Å². The van der Waals surface area contributed by atoms with Crippen LogP contribution in [-0.4, -0.2) is 28.8 Å². The highest BCUT2D eigenvalue weighted by Gasteiger charge is 2.29. The van der Waals surface area contributed by atoms with Gasteiger partial charge in [0.15, 0.2) is 6.61 Å². The standard InChI is InChI=1S/C10H10F3NO3/c1-5-3-7(17-4-10(11,12)13)8(9(15)16)6(2)14-5/h3H,4H2,1-2H3,(H,15,16). The number of rotatable bonds is 3. The summed E-state index contributed by atoms with van der Waals surface area (Å²) in [4.78, 5) is 14.7. The maximum atomic E-state index is 12.0. The van der Waals surface area contributed by atoms with Gasteiger partial charge < -0.3 is 9.84 Å². The smallest absolute Gasteiger partial charge is 0.422 e. The number of aromatic nitrogens is 1. The van der Waals surface area contributed by atoms with Gasteiger partial charge in [-0.2, -0.15) is 13.2 Å². The molecule has 1 heterocycles. The Kier molecular flexibility index (Phi) is 3.59. The van der Waals surface area contributed by atoms with Gasteiger partial charge >= 0.3 is 12.1 Å². The Morgan fingerprint density at radius 3 is 2.53 bits per heavy atom. The quantitative estimate of drug-likeness (QED) is 0.893. The number of hydrogen-bond donors (Lipinski definition) is 1. The molecule has 0 aliphatic heterocycles. The largest absolute Gasteiger partial charge is 0.483 e. The molecular formula is C10H10F3NO3. The van der Waals surface area contributed by atoms with Crippen LogP contribution in [0.3, 0.4) is 0 Å². The molecule has 0 aliphatic rings. The maximum absolute atomic E-state index is 12.0. The van der Waals surface area contributed by atoms with E-state index in [9.17, 15) is 18.0 Å². The van der Waals surface area contributed by atoms with Crippen molar-refractivity contribution in [3.63, 3.8) is 0 Å². The van der Waals surface area contributed by atoms with Crippen LogP contribution < -0.4 is 4.74 Å². The summed E-state index contributed by atoms with van der Waals surface area (Å²) in [6.45, 7) is 1.41. The van der Waals surface area contributed by atoms with E-state index in [1.165, 1.54) is 13.0 Å². The van der Waals surface area contributed by atoms with E-state index in [0.717, 1.165) is 0 Å². The van der Waals surface area contributed by atoms with Crippen molar-refractivity contribution in [2.24, 2.45) is 0 Å². The van der Waals surface area contributed by atoms with E-state index in [4.69, 9.17) is 5.11 Å². The molecule has 0 aliphatic carbocycles. The highest BCUT2D eigenvalue weighted by Crippen LogP contribution is 2.24. The number of alkyl halides is 3. The molecule has 17 heavy (non-hydrogen) atoms. The first kappa shape index (κ1) is 13.3. The number of ether oxygens (including phenoxy) is 1. The molecule has 94 valence electrons. The first-order valence-corrected chi connectivity index (χ1v) is 4.62. The van der Waals surface area contributed by atoms with Crippen molar-refractivity contribution in [1.29, 1.82) is 0 Å². The Morgan fingerprint density at radius 1 is 1.47 bits per heavy atom. The molecule has 0 saturated heterocycles. The molecule has 0 spiro atoms. The molecule has 0 radical (unpaired) electrons. The SMILES string of the molecule is Cc1cc(OCC(F)(F)F)c(C(=O)O)c(C)n1. The summed E-state index contributed by atoms with van der Waals surface area (Å²) in [5.41, 5.74) is 0.166. The second kappa shape index (κ2) is 4.60. The molecule has 0 aromatic carbocycles. The van der Waals surface area contributed by atoms with Gasteiger partial charge in [-0.05, 0) is 13.8 Å². The fraction of sp³-hybridized carbons (Fsp3) is 0.400. The van der Waals surface area contributed by atoms with Crippen molar-refractivity contribution in [2.75, 3.05) is 6.61 Å². The van der Waals surface area contributed by atoms with Crippen LogP contribution in [0.4, 0.5) is 13.2 Å². The van der Waals surface area contributed by atoms with Crippen LogP contribution in [0.2, 0.25) is 0 Å². The summed E-state index contributed by atoms with van der Waals surface area (Å²) in [7, 11) is 0. The molecule has 1 aromatic heterocycles. The molecule has 1 rings (SSSR count). The van der Waals surface area contributed by atoms with E-state index in [1.807, 2.05) is 0 Å². The van der Waals surface area contributed by atoms with E-state index in [-0.39, 0.29) is 17.0 Å². The first-order valence-electron chi connectivity index (χ1n) is 4.62. The highest BCUT2D eigenvalue weighted by molar-refractivity contribution is 5.92. The zero-order valence-electron chi connectivity index (χ0n) is 9.13. The first-order chi connectivity index (χ1) is 7.70. The van der Waals surface area contributed by atoms with E-state index in [1.54, 1.807) is 6.92 Å². The third-order valence-corrected chi connectivity index (χ3v) is 1.90. The van der Waals surface area contributed by atoms with Gasteiger partial charge in [-0.15, -0.1) is 0 Å². The van der Waals surface area contributed by atoms with Crippen molar-refractivity contribution >= 4 is 5.97 Å². The van der Waals surface area contributed by atoms with Crippen molar-refractivity contribution in [3.05, 3.63) is 23.0 Å². The molecule has 0 amide bonds. The molecule has 0 unspecified atom stereocenters. The van der Waals surface area contributed by atoms with Crippen LogP contribution in [0, 0.1) is 13.8 Å². The minimum absolute atomic E-state index is 0.120. The highest BCUT2D eigenvalue weighted by atomic mass is 19.4. The molecule has 4 nitrogen and oxygen atoms in total. The molecule has 1 N–H and O–H groups in total. The van der Waals surface area contributed by atoms with E-state index >= 15 is 0 Å². The van der Waals surface area contributed by atoms with Gasteiger partial charge in [0.2, 0.25) is 0 Å². The number of nitrogens with zero attached hydrogens (tertiary/aromatic N) is 1. The topological polar surface area (TPSA) is 59.4 Å². The Morgan fingerprint density at radius 2 is 2.06 bits per heavy atom. The fourth-order valence-corrected chi connectivity index (χ4v) is 1.33. The Balaban J connectivity index is 3.09. The van der Waals surface area contributed by atoms with Gasteiger partial charge in [0.05, 0.1) is 5.69 Å². The van der Waals surface area contributed by atoms with Crippen LogP contribution in [0.5, 0.6) is 5.75 Å². The Labute approximate surface area is 95.0 Å². The fourth-order valence-electron chi connectivity index (χ4n) is 1.33. The van der Waals surface area contributed by atoms with Crippen molar-refractivity contribution in [3.8, 4) is 5.75 Å². The minimum atomic E-state index is -4.51. The molecule has 0 fully saturated rings. The summed E-state index contributed by atoms with van der Waals surface area (Å²) < 4.78 is 40.4. The number of hydrogen-bond acceptors (Lipinski definition) is 3. The predicted octanol–water partition coefficient (Wildman–Crippen LogP) is 2.34. The minimum Gasteiger partial charge on any atom is -0.483 e. The predicted molar refractivity (Wildman–Crippen MR) is 52.2 cm³/mol. The van der Waals surface area contributed by atoms with Crippen molar-refractivity contribution in [2.45, 2.75) is 20.0 Å². The maximum Gasteiger partial charge on any atom is 0.422 e. The molecule has 0 saturated carbocycles. The number of aryl methyl sites for hydroxylation is 2. The van der Waals surface area contributed by atoms with Gasteiger partial charge in [-0.1, -0.05) is 0 Å². The Hall–Kier alpha value is -1.79. The summed E-state index contributed by atoms with van der Waals surface area (Å²) in [5.74, 6) is -1.69. The lowest BCUT2D eigenvalue weighted by Crippen LogP contribution is -2.20. The van der Waals surface area contributed by atoms with Crippen LogP contribution in [-0.2, 0) is 0 Å². The summed E-state index contributed by atoms with van der Waals surface area (Å²) >= 11 is 0. The van der Waals surface area contributed by atoms with Crippen LogP contribution >= 0.6 is 0 Å². The van der Waals surface area contributed by atoms with E-state index in [0.29, 0.717) is 5.69 Å². The van der Waals surface area contributed by atoms with Crippen molar-refractivity contribution < 1.29 is 27.8 Å². The molecular weight excluding hydrogens is 239 g/mol. The molecule has 7 heteroatoms. The third-order valence-electron chi connectivity index (χ3n) is 1.90. The van der Waals surface area contributed by atoms with Gasteiger partial charge in [0.1, 0.15) is 11.3 Å². The normalized spacial score (nSPS) is 11.4. The van der Waals surface area contributed by atoms with Gasteiger partial charge in [0.25, 0.3) is 0 Å². The monoisotopic (exact) mass is 249 g/mol. The lowest BCUT2D eigenvalue weighted by molar-refractivity contribution is -0.153. The number of aromatic carboxylic acids is 1. The summed E-state index contributed by atoms with van der Waals surface area (Å²) in [5, 5.41) is 8.87. The average molecular weight is 249 g/mol. The number of carboxylic acids is 1. The van der Waals surface area contributed by atoms with E-state index < -0.39 is 18.8 Å². The second-order valence-corrected chi connectivity index (χ2v) is 3.43. The van der Waals surface area contributed by atoms with E-state index in [2.05, 4.69) is 9.72 Å². The number of carboxylic acid groups (broad SMARTS) is 1. The van der Waals surface area contributed by atoms with Crippen molar-refractivity contribution in [1.82, 2.24) is 4.98 Å². The number of halogens is 3. The zero-order valence-corrected chi connectivity index (χ0v) is 9.13. The molecule has 0 atom stereocenters. The van der Waals surface area contributed by atoms with Crippen LogP contribution in [0.15, 0.2) is 6.07 Å². The van der Waals surface area contributed by atoms with Gasteiger partial charge in [-0.25, -0.2) is 4.79 Å².